The summed E-state index contributed by atoms with van der Waals surface area (Å²) < 4.78 is 37.5. The van der Waals surface area contributed by atoms with Gasteiger partial charge in [-0.2, -0.15) is 9.35 Å². The Labute approximate surface area is 374 Å². The number of carbonyl (C=O) groups is 3. The Kier molecular flexibility index (Phi) is 94.3. The maximum Gasteiger partial charge on any atom is 0.236 e. The molecule has 2 atom stereocenters. The average Bonchev–Trinajstić information content (AvgIpc) is 3.26. The number of hydroxylamine groups is 2. The van der Waals surface area contributed by atoms with Gasteiger partial charge in [0.25, 0.3) is 0 Å². The van der Waals surface area contributed by atoms with Crippen molar-refractivity contribution in [1.82, 2.24) is 24.1 Å². The number of nitrogens with zero attached hydrogens (tertiary/aromatic N) is 5. The summed E-state index contributed by atoms with van der Waals surface area (Å²) in [6.45, 7) is 43.5. The standard InChI is InChI=1S/2C6H13NO.2C5H13NO2S.C5H13N.C5H10O.C5H12.C4H10O.C3H8/c2*1-4-6(8)7(3)5-2;1-4-6(3)8-9(7)5-2;1-4-6(3)9(7)8-5-2;1-4-6(3)5-2;1-3-5(6)4-2;2*1-3-5-4-2;1-3-2/h2*4-5H2,1-3H3;2*4-5H2,1-3H3;4-5H2,1-3H3;3-4H2,1-2H3;3-5H2,1-2H3;3-4H2,1-2H3;3H2,1-2H3. The Morgan fingerprint density at radius 1 is 0.492 bits per heavy atom. The van der Waals surface area contributed by atoms with Crippen LogP contribution in [0.15, 0.2) is 0 Å². The summed E-state index contributed by atoms with van der Waals surface area (Å²) in [6, 6.07) is 0. The molecule has 0 saturated heterocycles. The highest BCUT2D eigenvalue weighted by Gasteiger charge is 2.03. The van der Waals surface area contributed by atoms with Gasteiger partial charge in [0.1, 0.15) is 5.78 Å². The van der Waals surface area contributed by atoms with Crippen molar-refractivity contribution in [2.75, 3.05) is 100 Å². The topological polar surface area (TPSA) is 129 Å². The van der Waals surface area contributed by atoms with Gasteiger partial charge in [0, 0.05) is 99.0 Å². The summed E-state index contributed by atoms with van der Waals surface area (Å²) in [5, 5.41) is 1.56. The third-order valence-electron chi connectivity index (χ3n) is 7.20. The smallest absolute Gasteiger partial charge is 0.236 e. The highest BCUT2D eigenvalue weighted by molar-refractivity contribution is 7.80. The van der Waals surface area contributed by atoms with E-state index in [1.807, 2.05) is 97.2 Å². The molecule has 0 radical (unpaired) electrons. The largest absolute Gasteiger partial charge is 0.382 e. The van der Waals surface area contributed by atoms with Gasteiger partial charge in [0.2, 0.25) is 23.1 Å². The third kappa shape index (κ3) is 88.8. The molecule has 0 aliphatic heterocycles. The first-order valence-electron chi connectivity index (χ1n) is 22.5. The average molecular weight is 896 g/mol. The Morgan fingerprint density at radius 3 is 0.983 bits per heavy atom. The van der Waals surface area contributed by atoms with Crippen LogP contribution in [0, 0.1) is 0 Å². The maximum absolute atomic E-state index is 10.8. The van der Waals surface area contributed by atoms with Crippen molar-refractivity contribution in [2.45, 2.75) is 176 Å². The van der Waals surface area contributed by atoms with Crippen LogP contribution in [-0.2, 0) is 49.9 Å². The fourth-order valence-electron chi connectivity index (χ4n) is 2.47. The Morgan fingerprint density at radius 2 is 0.864 bits per heavy atom. The summed E-state index contributed by atoms with van der Waals surface area (Å²) in [5.74, 6) is 1.32. The van der Waals surface area contributed by atoms with Crippen molar-refractivity contribution >= 4 is 39.9 Å². The summed E-state index contributed by atoms with van der Waals surface area (Å²) in [5.41, 5.74) is 0. The van der Waals surface area contributed by atoms with Gasteiger partial charge in [-0.3, -0.25) is 18.6 Å². The van der Waals surface area contributed by atoms with Gasteiger partial charge in [-0.25, -0.2) is 12.7 Å². The van der Waals surface area contributed by atoms with E-state index < -0.39 is 22.3 Å². The SMILES string of the molecule is CCC.CCC(=O)CC.CCC(=O)N(C)CC.CCC(=O)N(C)CC.CCCCC.CCN(C)CC.CCN(C)OS(=O)CC.CCOCC.CCOS(=O)N(C)CC. The molecule has 2 amide bonds. The van der Waals surface area contributed by atoms with Crippen molar-refractivity contribution in [3.05, 3.63) is 0 Å². The summed E-state index contributed by atoms with van der Waals surface area (Å²) in [6.07, 6.45) is 7.94. The lowest BCUT2D eigenvalue weighted by molar-refractivity contribution is -0.130. The van der Waals surface area contributed by atoms with Gasteiger partial charge < -0.3 is 19.4 Å². The summed E-state index contributed by atoms with van der Waals surface area (Å²) >= 11 is -2.36. The normalized spacial score (nSPS) is 10.3. The van der Waals surface area contributed by atoms with Crippen LogP contribution in [-0.4, -0.2) is 150 Å². The molecule has 0 aliphatic rings. The molecule has 0 saturated carbocycles. The number of hydrogen-bond acceptors (Lipinski definition) is 10. The van der Waals surface area contributed by atoms with E-state index in [1.54, 1.807) is 33.3 Å². The molecule has 0 fully saturated rings. The second kappa shape index (κ2) is 71.2. The quantitative estimate of drug-likeness (QED) is 0.109. The number of amides is 2. The number of hydrogen-bond donors (Lipinski definition) is 0. The van der Waals surface area contributed by atoms with Crippen molar-refractivity contribution < 1.29 is 36.0 Å². The molecule has 366 valence electrons. The van der Waals surface area contributed by atoms with Crippen LogP contribution in [0.4, 0.5) is 0 Å². The zero-order valence-corrected chi connectivity index (χ0v) is 45.2. The monoisotopic (exact) mass is 896 g/mol. The van der Waals surface area contributed by atoms with E-state index in [0.717, 1.165) is 52.5 Å². The fraction of sp³-hybridized carbons (Fsp3) is 0.932. The van der Waals surface area contributed by atoms with Crippen LogP contribution in [0.5, 0.6) is 0 Å². The van der Waals surface area contributed by atoms with Gasteiger partial charge in [0.05, 0.1) is 6.61 Å². The molecule has 0 aromatic heterocycles. The molecule has 0 bridgehead atoms. The highest BCUT2D eigenvalue weighted by atomic mass is 32.2. The molecule has 0 aliphatic carbocycles. The van der Waals surface area contributed by atoms with Crippen molar-refractivity contribution in [1.29, 1.82) is 0 Å². The lowest BCUT2D eigenvalue weighted by atomic mass is 10.3. The first kappa shape index (κ1) is 78.2. The van der Waals surface area contributed by atoms with Gasteiger partial charge in [0.15, 0.2) is 11.1 Å². The van der Waals surface area contributed by atoms with Gasteiger partial charge >= 0.3 is 0 Å². The molecular formula is C44H105N5O8S2. The number of Topliss-reactive ketones (excluding diaryl/α,β-unsaturated/α-hetero) is 1. The van der Waals surface area contributed by atoms with E-state index in [0.29, 0.717) is 43.8 Å². The lowest BCUT2D eigenvalue weighted by Gasteiger charge is -2.11. The van der Waals surface area contributed by atoms with Crippen LogP contribution >= 0.6 is 0 Å². The summed E-state index contributed by atoms with van der Waals surface area (Å²) in [4.78, 5) is 37.2. The molecule has 2 unspecified atom stereocenters. The molecule has 59 heavy (non-hydrogen) atoms. The molecule has 0 heterocycles. The van der Waals surface area contributed by atoms with Gasteiger partial charge in [-0.1, -0.05) is 116 Å². The second-order valence-electron chi connectivity index (χ2n) is 12.3. The van der Waals surface area contributed by atoms with Crippen molar-refractivity contribution in [2.24, 2.45) is 0 Å². The van der Waals surface area contributed by atoms with Gasteiger partial charge in [-0.15, -0.1) is 0 Å². The zero-order valence-electron chi connectivity index (χ0n) is 43.5. The van der Waals surface area contributed by atoms with Crippen LogP contribution in [0.3, 0.4) is 0 Å². The predicted octanol–water partition coefficient (Wildman–Crippen LogP) is 9.85. The summed E-state index contributed by atoms with van der Waals surface area (Å²) in [7, 11) is 9.25. The molecule has 0 aromatic rings. The molecule has 0 N–H and O–H groups in total. The number of ketones is 1. The van der Waals surface area contributed by atoms with Crippen LogP contribution in [0.1, 0.15) is 176 Å². The Bertz CT molecular complexity index is 805. The molecule has 0 aromatic carbocycles. The number of carbonyl (C=O) groups excluding carboxylic acids is 3. The van der Waals surface area contributed by atoms with Crippen LogP contribution in [0.25, 0.3) is 0 Å². The van der Waals surface area contributed by atoms with E-state index in [9.17, 15) is 22.8 Å². The van der Waals surface area contributed by atoms with Crippen LogP contribution in [0.2, 0.25) is 0 Å². The number of rotatable bonds is 20. The molecule has 0 rings (SSSR count). The minimum Gasteiger partial charge on any atom is -0.382 e. The minimum atomic E-state index is -1.23. The van der Waals surface area contributed by atoms with Crippen LogP contribution < -0.4 is 0 Å². The van der Waals surface area contributed by atoms with E-state index in [1.165, 1.54) is 25.7 Å². The number of unbranched alkanes of at least 4 members (excludes halogenated alkanes) is 2. The van der Waals surface area contributed by atoms with E-state index >= 15 is 0 Å². The zero-order chi connectivity index (χ0) is 48.6. The van der Waals surface area contributed by atoms with E-state index in [2.05, 4.69) is 53.5 Å². The Hall–Kier alpha value is -1.33. The first-order valence-corrected chi connectivity index (χ1v) is 24.8. The second-order valence-corrected chi connectivity index (χ2v) is 14.9. The van der Waals surface area contributed by atoms with Gasteiger partial charge in [-0.05, 0) is 54.8 Å². The first-order chi connectivity index (χ1) is 27.7. The van der Waals surface area contributed by atoms with E-state index in [4.69, 9.17) is 13.2 Å². The lowest BCUT2D eigenvalue weighted by Crippen LogP contribution is -2.24. The van der Waals surface area contributed by atoms with Crippen molar-refractivity contribution in [3.8, 4) is 0 Å². The fourth-order valence-corrected chi connectivity index (χ4v) is 3.55. The Balaban J connectivity index is -0.0000000691. The molecule has 0 spiro atoms. The predicted molar refractivity (Wildman–Crippen MR) is 261 cm³/mol. The molecular weight excluding hydrogens is 791 g/mol. The highest BCUT2D eigenvalue weighted by Crippen LogP contribution is 1.92. The van der Waals surface area contributed by atoms with Crippen molar-refractivity contribution in [3.63, 3.8) is 0 Å². The minimum absolute atomic E-state index is 0.215. The van der Waals surface area contributed by atoms with E-state index in [-0.39, 0.29) is 11.8 Å². The molecule has 15 heteroatoms. The molecule has 13 nitrogen and oxygen atoms in total. The number of ether oxygens (including phenoxy) is 1. The maximum atomic E-state index is 10.8. The third-order valence-corrected chi connectivity index (χ3v) is 9.30.